The molecular weight excluding hydrogens is 359 g/mol. The quantitative estimate of drug-likeness (QED) is 0.700. The molecule has 0 spiro atoms. The lowest BCUT2D eigenvalue weighted by Gasteiger charge is -2.22. The van der Waals surface area contributed by atoms with Gasteiger partial charge < -0.3 is 4.74 Å². The van der Waals surface area contributed by atoms with E-state index in [1.807, 2.05) is 6.92 Å². The van der Waals surface area contributed by atoms with Gasteiger partial charge in [0, 0.05) is 12.2 Å². The van der Waals surface area contributed by atoms with Crippen molar-refractivity contribution in [1.29, 1.82) is 0 Å². The number of rotatable bonds is 5. The van der Waals surface area contributed by atoms with Crippen LogP contribution >= 0.6 is 0 Å². The number of hydrogen-bond donors (Lipinski definition) is 0. The summed E-state index contributed by atoms with van der Waals surface area (Å²) in [6, 6.07) is 10.3. The summed E-state index contributed by atoms with van der Waals surface area (Å²) in [4.78, 5) is 24.2. The van der Waals surface area contributed by atoms with Crippen LogP contribution < -0.4 is 9.64 Å². The molecule has 3 rings (SSSR count). The number of imide groups is 1. The Morgan fingerprint density at radius 1 is 0.963 bits per heavy atom. The summed E-state index contributed by atoms with van der Waals surface area (Å²) in [5.74, 6) is -1.90. The van der Waals surface area contributed by atoms with E-state index in [1.54, 1.807) is 24.3 Å². The molecule has 1 aliphatic rings. The minimum Gasteiger partial charge on any atom is -0.457 e. The van der Waals surface area contributed by atoms with Gasteiger partial charge in [-0.25, -0.2) is 4.90 Å². The lowest BCUT2D eigenvalue weighted by molar-refractivity contribution is -0.138. The molecule has 0 aromatic heterocycles. The molecule has 0 bridgehead atoms. The number of amides is 2. The van der Waals surface area contributed by atoms with E-state index in [-0.39, 0.29) is 5.75 Å². The van der Waals surface area contributed by atoms with Gasteiger partial charge in [-0.15, -0.1) is 0 Å². The Balaban J connectivity index is 2.01. The fourth-order valence-electron chi connectivity index (χ4n) is 2.85. The highest BCUT2D eigenvalue weighted by Gasteiger charge is 2.41. The average molecular weight is 375 g/mol. The zero-order valence-corrected chi connectivity index (χ0v) is 14.4. The van der Waals surface area contributed by atoms with Gasteiger partial charge in [-0.05, 0) is 36.2 Å². The first-order valence-electron chi connectivity index (χ1n) is 8.34. The number of carbonyl (C=O) groups excluding carboxylic acids is 2. The number of halogens is 3. The minimum absolute atomic E-state index is 0.231. The van der Waals surface area contributed by atoms with E-state index in [1.165, 1.54) is 6.07 Å². The van der Waals surface area contributed by atoms with Crippen LogP contribution in [0.25, 0.3) is 0 Å². The Bertz CT molecular complexity index is 884. The number of hydrogen-bond acceptors (Lipinski definition) is 3. The normalized spacial score (nSPS) is 14.1. The van der Waals surface area contributed by atoms with Gasteiger partial charge in [-0.3, -0.25) is 9.59 Å². The van der Waals surface area contributed by atoms with E-state index in [9.17, 15) is 22.8 Å². The average Bonchev–Trinajstić information content (AvgIpc) is 2.94. The monoisotopic (exact) mass is 375 g/mol. The van der Waals surface area contributed by atoms with Gasteiger partial charge in [0.2, 0.25) is 0 Å². The Kier molecular flexibility index (Phi) is 5.03. The number of aryl methyl sites for hydroxylation is 1. The molecule has 4 nitrogen and oxygen atoms in total. The highest BCUT2D eigenvalue weighted by molar-refractivity contribution is 6.28. The Labute approximate surface area is 153 Å². The van der Waals surface area contributed by atoms with Gasteiger partial charge in [0.1, 0.15) is 17.1 Å². The molecule has 0 N–H and O–H groups in total. The second-order valence-corrected chi connectivity index (χ2v) is 5.99. The molecule has 2 aromatic carbocycles. The largest absolute Gasteiger partial charge is 0.457 e. The summed E-state index contributed by atoms with van der Waals surface area (Å²) in [6.07, 6.45) is -1.15. The number of benzene rings is 2. The van der Waals surface area contributed by atoms with E-state index in [4.69, 9.17) is 4.74 Å². The number of carbonyl (C=O) groups is 2. The standard InChI is InChI=1S/C20H16F3NO3/c1-2-4-13-7-9-14(10-8-13)27-16-6-3-5-15(19(16)20(21,22)23)24-17(25)11-12-18(24)26/h3,5-12H,2,4H2,1H3. The molecule has 0 fully saturated rings. The molecule has 7 heteroatoms. The number of ether oxygens (including phenoxy) is 1. The van der Waals surface area contributed by atoms with Crippen LogP contribution in [0, 0.1) is 0 Å². The Hall–Kier alpha value is -3.09. The first-order chi connectivity index (χ1) is 12.8. The smallest absolute Gasteiger partial charge is 0.422 e. The van der Waals surface area contributed by atoms with Crippen molar-refractivity contribution in [2.45, 2.75) is 25.9 Å². The Morgan fingerprint density at radius 2 is 1.59 bits per heavy atom. The van der Waals surface area contributed by atoms with Crippen LogP contribution in [0.3, 0.4) is 0 Å². The van der Waals surface area contributed by atoms with E-state index in [0.717, 1.165) is 42.7 Å². The van der Waals surface area contributed by atoms with Gasteiger partial charge in [-0.2, -0.15) is 13.2 Å². The van der Waals surface area contributed by atoms with Crippen molar-refractivity contribution in [2.75, 3.05) is 4.90 Å². The summed E-state index contributed by atoms with van der Waals surface area (Å²) < 4.78 is 46.7. The SMILES string of the molecule is CCCc1ccc(Oc2cccc(N3C(=O)C=CC3=O)c2C(F)(F)F)cc1. The molecule has 2 amide bonds. The number of anilines is 1. The van der Waals surface area contributed by atoms with Gasteiger partial charge in [0.25, 0.3) is 11.8 Å². The third kappa shape index (κ3) is 3.86. The zero-order valence-electron chi connectivity index (χ0n) is 14.4. The van der Waals surface area contributed by atoms with Crippen LogP contribution in [0.2, 0.25) is 0 Å². The molecule has 1 aliphatic heterocycles. The second-order valence-electron chi connectivity index (χ2n) is 5.99. The van der Waals surface area contributed by atoms with Gasteiger partial charge in [-0.1, -0.05) is 31.5 Å². The summed E-state index contributed by atoms with van der Waals surface area (Å²) in [5.41, 5.74) is -0.676. The van der Waals surface area contributed by atoms with Gasteiger partial charge in [0.15, 0.2) is 0 Å². The fraction of sp³-hybridized carbons (Fsp3) is 0.200. The fourth-order valence-corrected chi connectivity index (χ4v) is 2.85. The third-order valence-electron chi connectivity index (χ3n) is 4.03. The van der Waals surface area contributed by atoms with Crippen LogP contribution in [0.5, 0.6) is 11.5 Å². The first kappa shape index (κ1) is 18.7. The molecule has 1 heterocycles. The maximum Gasteiger partial charge on any atom is 0.422 e. The first-order valence-corrected chi connectivity index (χ1v) is 8.34. The van der Waals surface area contributed by atoms with Crippen molar-refractivity contribution in [3.63, 3.8) is 0 Å². The summed E-state index contributed by atoms with van der Waals surface area (Å²) in [7, 11) is 0. The van der Waals surface area contributed by atoms with Crippen molar-refractivity contribution in [3.8, 4) is 11.5 Å². The van der Waals surface area contributed by atoms with Crippen molar-refractivity contribution in [2.24, 2.45) is 0 Å². The molecule has 0 radical (unpaired) electrons. The topological polar surface area (TPSA) is 46.6 Å². The van der Waals surface area contributed by atoms with Gasteiger partial charge in [0.05, 0.1) is 5.69 Å². The van der Waals surface area contributed by atoms with Crippen molar-refractivity contribution in [1.82, 2.24) is 0 Å². The zero-order chi connectivity index (χ0) is 19.6. The van der Waals surface area contributed by atoms with Gasteiger partial charge >= 0.3 is 6.18 Å². The van der Waals surface area contributed by atoms with Crippen LogP contribution in [0.15, 0.2) is 54.6 Å². The number of nitrogens with zero attached hydrogens (tertiary/aromatic N) is 1. The van der Waals surface area contributed by atoms with E-state index < -0.39 is 35.0 Å². The van der Waals surface area contributed by atoms with Crippen LogP contribution in [-0.2, 0) is 22.2 Å². The van der Waals surface area contributed by atoms with E-state index >= 15 is 0 Å². The molecular formula is C20H16F3NO3. The van der Waals surface area contributed by atoms with Crippen molar-refractivity contribution in [3.05, 3.63) is 65.7 Å². The predicted molar refractivity (Wildman–Crippen MR) is 93.6 cm³/mol. The molecule has 0 unspecified atom stereocenters. The molecule has 140 valence electrons. The number of alkyl halides is 3. The Morgan fingerprint density at radius 3 is 2.15 bits per heavy atom. The lowest BCUT2D eigenvalue weighted by Crippen LogP contribution is -2.31. The third-order valence-corrected chi connectivity index (χ3v) is 4.03. The summed E-state index contributed by atoms with van der Waals surface area (Å²) in [6.45, 7) is 2.03. The van der Waals surface area contributed by atoms with Crippen LogP contribution in [-0.4, -0.2) is 11.8 Å². The summed E-state index contributed by atoms with van der Waals surface area (Å²) >= 11 is 0. The highest BCUT2D eigenvalue weighted by atomic mass is 19.4. The van der Waals surface area contributed by atoms with E-state index in [0.29, 0.717) is 4.90 Å². The molecule has 0 atom stereocenters. The molecule has 2 aromatic rings. The second kappa shape index (κ2) is 7.26. The molecule has 0 saturated heterocycles. The summed E-state index contributed by atoms with van der Waals surface area (Å²) in [5, 5.41) is 0. The highest BCUT2D eigenvalue weighted by Crippen LogP contribution is 2.44. The van der Waals surface area contributed by atoms with E-state index in [2.05, 4.69) is 0 Å². The minimum atomic E-state index is -4.82. The van der Waals surface area contributed by atoms with Crippen LogP contribution in [0.1, 0.15) is 24.5 Å². The molecule has 0 saturated carbocycles. The lowest BCUT2D eigenvalue weighted by atomic mass is 10.1. The molecule has 0 aliphatic carbocycles. The van der Waals surface area contributed by atoms with Crippen molar-refractivity contribution < 1.29 is 27.5 Å². The maximum atomic E-state index is 13.7. The predicted octanol–water partition coefficient (Wildman–Crippen LogP) is 4.88. The molecule has 27 heavy (non-hydrogen) atoms. The van der Waals surface area contributed by atoms with Crippen molar-refractivity contribution >= 4 is 17.5 Å². The maximum absolute atomic E-state index is 13.7. The van der Waals surface area contributed by atoms with Crippen LogP contribution in [0.4, 0.5) is 18.9 Å².